The number of carboxylic acid groups (broad SMARTS) is 1. The Morgan fingerprint density at radius 2 is 1.16 bits per heavy atom. The van der Waals surface area contributed by atoms with Crippen molar-refractivity contribution in [3.8, 4) is 0 Å². The molecule has 0 fully saturated rings. The molecule has 4 N–H and O–H groups in total. The van der Waals surface area contributed by atoms with Gasteiger partial charge in [0.2, 0.25) is 17.7 Å². The molecule has 0 saturated heterocycles. The zero-order valence-corrected chi connectivity index (χ0v) is 11.3. The average Bonchev–Trinajstić information content (AvgIpc) is 2.27. The van der Waals surface area contributed by atoms with Gasteiger partial charge >= 0.3 is 5.97 Å². The number of carbonyl (C=O) groups is 4. The number of carboxylic acids is 1. The van der Waals surface area contributed by atoms with Crippen LogP contribution in [0, 0.1) is 0 Å². The number of hydrogen-bond acceptors (Lipinski definition) is 4. The molecular weight excluding hydrogens is 254 g/mol. The topological polar surface area (TPSA) is 125 Å². The summed E-state index contributed by atoms with van der Waals surface area (Å²) in [7, 11) is 0. The van der Waals surface area contributed by atoms with Crippen LogP contribution in [0.25, 0.3) is 0 Å². The minimum absolute atomic E-state index is 0.362. The molecule has 3 atom stereocenters. The Hall–Kier alpha value is -2.12. The van der Waals surface area contributed by atoms with Gasteiger partial charge in [-0.15, -0.1) is 0 Å². The Labute approximate surface area is 110 Å². The predicted molar refractivity (Wildman–Crippen MR) is 66.1 cm³/mol. The number of rotatable bonds is 6. The van der Waals surface area contributed by atoms with Crippen LogP contribution in [0.2, 0.25) is 0 Å². The van der Waals surface area contributed by atoms with E-state index in [1.165, 1.54) is 27.7 Å². The van der Waals surface area contributed by atoms with E-state index in [0.29, 0.717) is 0 Å². The van der Waals surface area contributed by atoms with E-state index in [1.807, 2.05) is 0 Å². The molecule has 0 aromatic carbocycles. The summed E-state index contributed by atoms with van der Waals surface area (Å²) in [5.74, 6) is -2.67. The second kappa shape index (κ2) is 7.34. The van der Waals surface area contributed by atoms with Crippen LogP contribution in [-0.2, 0) is 19.2 Å². The molecule has 0 aliphatic heterocycles. The molecule has 0 aliphatic carbocycles. The van der Waals surface area contributed by atoms with Crippen LogP contribution in [0.15, 0.2) is 0 Å². The lowest BCUT2D eigenvalue weighted by atomic mass is 10.2. The van der Waals surface area contributed by atoms with Crippen molar-refractivity contribution in [3.05, 3.63) is 0 Å². The van der Waals surface area contributed by atoms with Crippen molar-refractivity contribution in [2.75, 3.05) is 0 Å². The van der Waals surface area contributed by atoms with Gasteiger partial charge in [0.1, 0.15) is 18.1 Å². The second-order valence-corrected chi connectivity index (χ2v) is 4.22. The smallest absolute Gasteiger partial charge is 0.325 e. The molecule has 3 amide bonds. The van der Waals surface area contributed by atoms with Gasteiger partial charge in [0.15, 0.2) is 0 Å². The Kier molecular flexibility index (Phi) is 6.53. The van der Waals surface area contributed by atoms with E-state index < -0.39 is 35.9 Å². The van der Waals surface area contributed by atoms with E-state index in [1.54, 1.807) is 0 Å². The van der Waals surface area contributed by atoms with Crippen molar-refractivity contribution < 1.29 is 24.3 Å². The molecule has 8 heteroatoms. The predicted octanol–water partition coefficient (Wildman–Crippen LogP) is -1.39. The van der Waals surface area contributed by atoms with Crippen molar-refractivity contribution in [1.82, 2.24) is 16.0 Å². The van der Waals surface area contributed by atoms with Gasteiger partial charge in [0.05, 0.1) is 0 Å². The van der Waals surface area contributed by atoms with E-state index in [9.17, 15) is 19.2 Å². The van der Waals surface area contributed by atoms with Crippen LogP contribution in [0.1, 0.15) is 27.7 Å². The summed E-state index contributed by atoms with van der Waals surface area (Å²) in [6.07, 6.45) is 0. The molecule has 0 bridgehead atoms. The minimum Gasteiger partial charge on any atom is -0.480 e. The third-order valence-corrected chi connectivity index (χ3v) is 2.29. The summed E-state index contributed by atoms with van der Waals surface area (Å²) in [6, 6.07) is -2.71. The third-order valence-electron chi connectivity index (χ3n) is 2.29. The molecule has 8 nitrogen and oxygen atoms in total. The Morgan fingerprint density at radius 1 is 0.789 bits per heavy atom. The van der Waals surface area contributed by atoms with Crippen LogP contribution in [-0.4, -0.2) is 46.9 Å². The van der Waals surface area contributed by atoms with Crippen molar-refractivity contribution in [2.24, 2.45) is 0 Å². The molecule has 0 unspecified atom stereocenters. The zero-order chi connectivity index (χ0) is 15.2. The first-order valence-corrected chi connectivity index (χ1v) is 5.75. The Bertz CT molecular complexity index is 383. The zero-order valence-electron chi connectivity index (χ0n) is 11.3. The summed E-state index contributed by atoms with van der Waals surface area (Å²) < 4.78 is 0. The maximum absolute atomic E-state index is 11.6. The van der Waals surface area contributed by atoms with E-state index >= 15 is 0 Å². The van der Waals surface area contributed by atoms with E-state index in [-0.39, 0.29) is 5.91 Å². The average molecular weight is 273 g/mol. The molecule has 0 spiro atoms. The second-order valence-electron chi connectivity index (χ2n) is 4.22. The van der Waals surface area contributed by atoms with Gasteiger partial charge in [-0.2, -0.15) is 0 Å². The molecule has 108 valence electrons. The van der Waals surface area contributed by atoms with Crippen LogP contribution in [0.3, 0.4) is 0 Å². The van der Waals surface area contributed by atoms with Gasteiger partial charge in [0.25, 0.3) is 0 Å². The highest BCUT2D eigenvalue weighted by Gasteiger charge is 2.22. The van der Waals surface area contributed by atoms with Gasteiger partial charge in [0, 0.05) is 6.92 Å². The number of aliphatic carboxylic acids is 1. The fourth-order valence-corrected chi connectivity index (χ4v) is 1.17. The van der Waals surface area contributed by atoms with Crippen molar-refractivity contribution in [1.29, 1.82) is 0 Å². The van der Waals surface area contributed by atoms with E-state index in [4.69, 9.17) is 5.11 Å². The third kappa shape index (κ3) is 6.39. The maximum Gasteiger partial charge on any atom is 0.325 e. The summed E-state index contributed by atoms with van der Waals surface area (Å²) in [4.78, 5) is 44.5. The van der Waals surface area contributed by atoms with Gasteiger partial charge in [-0.05, 0) is 20.8 Å². The standard InChI is InChI=1S/C11H19N3O5/c1-5(12-8(4)15)9(16)13-6(2)10(17)14-7(3)11(18)19/h5-7H,1-4H3,(H,12,15)(H,13,16)(H,14,17)(H,18,19)/t5-,6-,7-/m1/s1. The molecule has 0 aliphatic rings. The molecule has 0 aromatic heterocycles. The highest BCUT2D eigenvalue weighted by Crippen LogP contribution is 1.90. The first-order valence-electron chi connectivity index (χ1n) is 5.75. The van der Waals surface area contributed by atoms with Gasteiger partial charge in [-0.25, -0.2) is 0 Å². The lowest BCUT2D eigenvalue weighted by Gasteiger charge is -2.18. The number of hydrogen-bond donors (Lipinski definition) is 4. The van der Waals surface area contributed by atoms with Crippen molar-refractivity contribution >= 4 is 23.7 Å². The minimum atomic E-state index is -1.17. The lowest BCUT2D eigenvalue weighted by Crippen LogP contribution is -2.53. The Balaban J connectivity index is 4.32. The van der Waals surface area contributed by atoms with Crippen LogP contribution < -0.4 is 16.0 Å². The summed E-state index contributed by atoms with van der Waals surface area (Å²) in [5, 5.41) is 15.6. The van der Waals surface area contributed by atoms with E-state index in [2.05, 4.69) is 16.0 Å². The quantitative estimate of drug-likeness (QED) is 0.474. The summed E-state index contributed by atoms with van der Waals surface area (Å²) in [6.45, 7) is 5.48. The van der Waals surface area contributed by atoms with Crippen molar-refractivity contribution in [2.45, 2.75) is 45.8 Å². The molecule has 0 heterocycles. The van der Waals surface area contributed by atoms with Gasteiger partial charge in [-0.1, -0.05) is 0 Å². The number of carbonyl (C=O) groups excluding carboxylic acids is 3. The number of nitrogens with one attached hydrogen (secondary N) is 3. The highest BCUT2D eigenvalue weighted by atomic mass is 16.4. The molecule has 0 radical (unpaired) electrons. The molecule has 0 rings (SSSR count). The van der Waals surface area contributed by atoms with Crippen LogP contribution in [0.5, 0.6) is 0 Å². The Morgan fingerprint density at radius 3 is 1.53 bits per heavy atom. The monoisotopic (exact) mass is 273 g/mol. The first-order chi connectivity index (χ1) is 8.65. The first kappa shape index (κ1) is 16.9. The largest absolute Gasteiger partial charge is 0.480 e. The van der Waals surface area contributed by atoms with Gasteiger partial charge in [-0.3, -0.25) is 19.2 Å². The lowest BCUT2D eigenvalue weighted by molar-refractivity contribution is -0.141. The maximum atomic E-state index is 11.6. The molecular formula is C11H19N3O5. The number of amides is 3. The highest BCUT2D eigenvalue weighted by molar-refractivity contribution is 5.92. The normalized spacial score (nSPS) is 14.7. The molecule has 19 heavy (non-hydrogen) atoms. The SMILES string of the molecule is CC(=O)N[C@H](C)C(=O)N[C@H](C)C(=O)N[C@H](C)C(=O)O. The van der Waals surface area contributed by atoms with Crippen LogP contribution in [0.4, 0.5) is 0 Å². The fraction of sp³-hybridized carbons (Fsp3) is 0.636. The fourth-order valence-electron chi connectivity index (χ4n) is 1.17. The van der Waals surface area contributed by atoms with Crippen LogP contribution >= 0.6 is 0 Å². The summed E-state index contributed by atoms with van der Waals surface area (Å²) >= 11 is 0. The molecule has 0 saturated carbocycles. The summed E-state index contributed by atoms with van der Waals surface area (Å²) in [5.41, 5.74) is 0. The molecule has 0 aromatic rings. The van der Waals surface area contributed by atoms with Crippen molar-refractivity contribution in [3.63, 3.8) is 0 Å². The van der Waals surface area contributed by atoms with E-state index in [0.717, 1.165) is 0 Å². The van der Waals surface area contributed by atoms with Gasteiger partial charge < -0.3 is 21.1 Å².